The van der Waals surface area contributed by atoms with Crippen LogP contribution in [0, 0.1) is 0 Å². The minimum absolute atomic E-state index is 0.419. The fourth-order valence-electron chi connectivity index (χ4n) is 0.273. The van der Waals surface area contributed by atoms with Crippen molar-refractivity contribution in [1.29, 1.82) is 0 Å². The summed E-state index contributed by atoms with van der Waals surface area (Å²) < 4.78 is 34.9. The van der Waals surface area contributed by atoms with Crippen molar-refractivity contribution < 1.29 is 13.2 Å². The van der Waals surface area contributed by atoms with E-state index >= 15 is 0 Å². The molecule has 56 valence electrons. The largest absolute Gasteiger partial charge is 0.321 e. The van der Waals surface area contributed by atoms with Gasteiger partial charge in [-0.05, 0) is 18.0 Å². The van der Waals surface area contributed by atoms with Crippen molar-refractivity contribution in [3.8, 4) is 0 Å². The molecule has 9 heavy (non-hydrogen) atoms. The quantitative estimate of drug-likeness (QED) is 0.586. The van der Waals surface area contributed by atoms with Gasteiger partial charge in [0.1, 0.15) is 0 Å². The summed E-state index contributed by atoms with van der Waals surface area (Å²) in [7, 11) is 0. The van der Waals surface area contributed by atoms with E-state index in [-0.39, 0.29) is 0 Å². The minimum Gasteiger partial charge on any atom is -0.230 e. The van der Waals surface area contributed by atoms with Crippen LogP contribution in [-0.4, -0.2) is 11.0 Å². The van der Waals surface area contributed by atoms with Crippen LogP contribution in [0.15, 0.2) is 0 Å². The Morgan fingerprint density at radius 1 is 1.44 bits per heavy atom. The van der Waals surface area contributed by atoms with Crippen LogP contribution in [0.5, 0.6) is 0 Å². The summed E-state index contributed by atoms with van der Waals surface area (Å²) in [4.78, 5) is 0. The smallest absolute Gasteiger partial charge is 0.230 e. The number of rotatable bonds is 3. The van der Waals surface area contributed by atoms with Gasteiger partial charge in [0.15, 0.2) is 5.63 Å². The van der Waals surface area contributed by atoms with E-state index in [2.05, 4.69) is 11.6 Å². The molecule has 0 amide bonds. The molecule has 0 bridgehead atoms. The van der Waals surface area contributed by atoms with Gasteiger partial charge in [0, 0.05) is 6.42 Å². The molecule has 0 aliphatic carbocycles. The predicted octanol–water partition coefficient (Wildman–Crippen LogP) is 3.13. The maximum atomic E-state index is 11.6. The third-order valence-corrected chi connectivity index (χ3v) is 1.05. The summed E-state index contributed by atoms with van der Waals surface area (Å²) in [6.07, 6.45) is -1.14. The van der Waals surface area contributed by atoms with Gasteiger partial charge in [-0.25, -0.2) is 4.39 Å². The van der Waals surface area contributed by atoms with Crippen LogP contribution in [0.3, 0.4) is 0 Å². The summed E-state index contributed by atoms with van der Waals surface area (Å²) in [5.74, 6) is 0. The lowest BCUT2D eigenvalue weighted by molar-refractivity contribution is 0.0792. The Labute approximate surface area is 60.9 Å². The SMILES string of the molecule is FC(Cl)CCC(F)(F)Cl. The van der Waals surface area contributed by atoms with Gasteiger partial charge < -0.3 is 0 Å². The molecule has 1 atom stereocenters. The molecule has 0 nitrogen and oxygen atoms in total. The van der Waals surface area contributed by atoms with Gasteiger partial charge in [-0.15, -0.1) is 0 Å². The Bertz CT molecular complexity index is 78.4. The number of alkyl halides is 5. The van der Waals surface area contributed by atoms with Gasteiger partial charge in [0.2, 0.25) is 0 Å². The molecule has 0 rings (SSSR count). The van der Waals surface area contributed by atoms with Gasteiger partial charge in [0.05, 0.1) is 0 Å². The average molecular weight is 181 g/mol. The van der Waals surface area contributed by atoms with E-state index in [9.17, 15) is 13.2 Å². The minimum atomic E-state index is -3.32. The third-order valence-electron chi connectivity index (χ3n) is 0.646. The standard InChI is InChI=1S/C4H5Cl2F3/c5-3(7)1-2-4(6,8)9/h3H,1-2H2. The molecule has 0 heterocycles. The van der Waals surface area contributed by atoms with Gasteiger partial charge in [-0.2, -0.15) is 8.78 Å². The molecule has 0 aromatic carbocycles. The van der Waals surface area contributed by atoms with Gasteiger partial charge in [-0.3, -0.25) is 0 Å². The summed E-state index contributed by atoms with van der Waals surface area (Å²) in [5.41, 5.74) is -1.73. The lowest BCUT2D eigenvalue weighted by Gasteiger charge is -2.05. The Kier molecular flexibility index (Phi) is 3.66. The second kappa shape index (κ2) is 3.52. The molecule has 0 saturated heterocycles. The van der Waals surface area contributed by atoms with Crippen LogP contribution in [0.4, 0.5) is 13.2 Å². The van der Waals surface area contributed by atoms with Crippen molar-refractivity contribution in [3.63, 3.8) is 0 Å². The van der Waals surface area contributed by atoms with Crippen molar-refractivity contribution in [2.75, 3.05) is 0 Å². The molecule has 0 fully saturated rings. The Balaban J connectivity index is 3.28. The fourth-order valence-corrected chi connectivity index (χ4v) is 0.491. The van der Waals surface area contributed by atoms with Crippen molar-refractivity contribution in [2.24, 2.45) is 0 Å². The predicted molar refractivity (Wildman–Crippen MR) is 30.8 cm³/mol. The molecule has 0 radical (unpaired) electrons. The highest BCUT2D eigenvalue weighted by molar-refractivity contribution is 6.22. The molecule has 0 saturated carbocycles. The average Bonchev–Trinajstić information content (AvgIpc) is 1.59. The summed E-state index contributed by atoms with van der Waals surface area (Å²) in [6.45, 7) is 0. The molecule has 5 heteroatoms. The zero-order chi connectivity index (χ0) is 7.49. The van der Waals surface area contributed by atoms with Crippen LogP contribution in [0.25, 0.3) is 0 Å². The Morgan fingerprint density at radius 3 is 2.00 bits per heavy atom. The highest BCUT2D eigenvalue weighted by Gasteiger charge is 2.25. The lowest BCUT2D eigenvalue weighted by Crippen LogP contribution is -2.07. The van der Waals surface area contributed by atoms with Crippen LogP contribution >= 0.6 is 23.2 Å². The molecule has 0 aromatic heterocycles. The Hall–Kier alpha value is 0.370. The molecule has 1 unspecified atom stereocenters. The monoisotopic (exact) mass is 180 g/mol. The van der Waals surface area contributed by atoms with E-state index in [0.29, 0.717) is 0 Å². The van der Waals surface area contributed by atoms with Crippen LogP contribution in [0.2, 0.25) is 0 Å². The van der Waals surface area contributed by atoms with Crippen LogP contribution < -0.4 is 0 Å². The summed E-state index contributed by atoms with van der Waals surface area (Å²) in [6, 6.07) is 0. The van der Waals surface area contributed by atoms with Crippen molar-refractivity contribution in [3.05, 3.63) is 0 Å². The lowest BCUT2D eigenvalue weighted by atomic mass is 10.3. The molecule has 0 spiro atoms. The highest BCUT2D eigenvalue weighted by Crippen LogP contribution is 2.26. The number of hydrogen-bond donors (Lipinski definition) is 0. The van der Waals surface area contributed by atoms with Gasteiger partial charge in [-0.1, -0.05) is 11.6 Å². The van der Waals surface area contributed by atoms with Gasteiger partial charge in [0.25, 0.3) is 0 Å². The normalized spacial score (nSPS) is 15.7. The first-order valence-corrected chi connectivity index (χ1v) is 3.08. The first-order chi connectivity index (χ1) is 3.92. The van der Waals surface area contributed by atoms with E-state index < -0.39 is 23.9 Å². The molecular weight excluding hydrogens is 176 g/mol. The third kappa shape index (κ3) is 8.37. The number of halogens is 5. The fraction of sp³-hybridized carbons (Fsp3) is 1.00. The van der Waals surface area contributed by atoms with E-state index in [0.717, 1.165) is 0 Å². The second-order valence-corrected chi connectivity index (χ2v) is 2.57. The van der Waals surface area contributed by atoms with E-state index in [4.69, 9.17) is 11.6 Å². The molecule has 0 N–H and O–H groups in total. The zero-order valence-corrected chi connectivity index (χ0v) is 5.89. The van der Waals surface area contributed by atoms with Gasteiger partial charge >= 0.3 is 5.38 Å². The summed E-state index contributed by atoms with van der Waals surface area (Å²) in [5, 5.41) is -3.32. The zero-order valence-electron chi connectivity index (χ0n) is 4.38. The maximum Gasteiger partial charge on any atom is 0.321 e. The molecule has 0 aliphatic rings. The van der Waals surface area contributed by atoms with Crippen molar-refractivity contribution >= 4 is 23.2 Å². The van der Waals surface area contributed by atoms with Crippen LogP contribution in [-0.2, 0) is 0 Å². The Morgan fingerprint density at radius 2 is 1.89 bits per heavy atom. The molecular formula is C4H5Cl2F3. The van der Waals surface area contributed by atoms with Crippen molar-refractivity contribution in [1.82, 2.24) is 0 Å². The maximum absolute atomic E-state index is 11.6. The van der Waals surface area contributed by atoms with Crippen molar-refractivity contribution in [2.45, 2.75) is 23.9 Å². The first kappa shape index (κ1) is 9.37. The summed E-state index contributed by atoms with van der Waals surface area (Å²) >= 11 is 9.14. The first-order valence-electron chi connectivity index (χ1n) is 2.27. The van der Waals surface area contributed by atoms with E-state index in [1.54, 1.807) is 0 Å². The molecule has 0 aromatic rings. The van der Waals surface area contributed by atoms with Crippen LogP contribution in [0.1, 0.15) is 12.8 Å². The van der Waals surface area contributed by atoms with E-state index in [1.165, 1.54) is 0 Å². The second-order valence-electron chi connectivity index (χ2n) is 1.54. The molecule has 0 aliphatic heterocycles. The number of hydrogen-bond acceptors (Lipinski definition) is 0. The highest BCUT2D eigenvalue weighted by atomic mass is 35.5. The topological polar surface area (TPSA) is 0 Å². The van der Waals surface area contributed by atoms with E-state index in [1.807, 2.05) is 0 Å².